The van der Waals surface area contributed by atoms with E-state index in [-0.39, 0.29) is 11.7 Å². The van der Waals surface area contributed by atoms with Gasteiger partial charge in [-0.25, -0.2) is 0 Å². The summed E-state index contributed by atoms with van der Waals surface area (Å²) in [5.74, 6) is 0. The zero-order valence-electron chi connectivity index (χ0n) is 11.8. The van der Waals surface area contributed by atoms with Crippen LogP contribution < -0.4 is 5.73 Å². The first-order valence-electron chi connectivity index (χ1n) is 6.49. The highest BCUT2D eigenvalue weighted by Gasteiger charge is 2.32. The van der Waals surface area contributed by atoms with E-state index < -0.39 is 0 Å². The Balaban J connectivity index is 2.06. The number of aromatic nitrogens is 2. The van der Waals surface area contributed by atoms with Crippen LogP contribution in [-0.4, -0.2) is 46.0 Å². The fraction of sp³-hybridized carbons (Fsp3) is 0.769. The van der Waals surface area contributed by atoms with Gasteiger partial charge in [0.2, 0.25) is 0 Å². The minimum absolute atomic E-state index is 0.128. The summed E-state index contributed by atoms with van der Waals surface area (Å²) in [5.41, 5.74) is 7.92. The van der Waals surface area contributed by atoms with E-state index in [1.54, 1.807) is 0 Å². The summed E-state index contributed by atoms with van der Waals surface area (Å²) in [5, 5.41) is 4.39. The zero-order chi connectivity index (χ0) is 13.3. The summed E-state index contributed by atoms with van der Waals surface area (Å²) in [7, 11) is 1.99. The van der Waals surface area contributed by atoms with Crippen molar-refractivity contribution in [3.05, 3.63) is 17.5 Å². The van der Waals surface area contributed by atoms with Crippen LogP contribution in [0.3, 0.4) is 0 Å². The van der Waals surface area contributed by atoms with Crippen molar-refractivity contribution in [1.29, 1.82) is 0 Å². The van der Waals surface area contributed by atoms with E-state index in [1.165, 1.54) is 5.69 Å². The van der Waals surface area contributed by atoms with E-state index in [2.05, 4.69) is 29.9 Å². The van der Waals surface area contributed by atoms with Crippen LogP contribution in [0.15, 0.2) is 6.07 Å². The van der Waals surface area contributed by atoms with E-state index >= 15 is 0 Å². The molecule has 1 aliphatic rings. The van der Waals surface area contributed by atoms with Gasteiger partial charge in [-0.15, -0.1) is 0 Å². The molecule has 5 nitrogen and oxygen atoms in total. The molecule has 1 unspecified atom stereocenters. The number of hydrogen-bond donors (Lipinski definition) is 1. The SMILES string of the molecule is Cc1cc(CN2CC(CN)OC(C)(C)C2)n(C)n1. The van der Waals surface area contributed by atoms with E-state index in [4.69, 9.17) is 10.5 Å². The number of morpholine rings is 1. The van der Waals surface area contributed by atoms with E-state index in [0.717, 1.165) is 25.3 Å². The fourth-order valence-corrected chi connectivity index (χ4v) is 2.70. The Morgan fingerprint density at radius 1 is 1.56 bits per heavy atom. The number of nitrogens with zero attached hydrogens (tertiary/aromatic N) is 3. The Hall–Kier alpha value is -0.910. The summed E-state index contributed by atoms with van der Waals surface area (Å²) in [6.45, 7) is 9.56. The number of rotatable bonds is 3. The van der Waals surface area contributed by atoms with Crippen LogP contribution in [0.2, 0.25) is 0 Å². The molecule has 1 aliphatic heterocycles. The fourth-order valence-electron chi connectivity index (χ4n) is 2.70. The third-order valence-electron chi connectivity index (χ3n) is 3.30. The molecule has 1 aromatic heterocycles. The van der Waals surface area contributed by atoms with E-state index in [9.17, 15) is 0 Å². The molecule has 0 amide bonds. The van der Waals surface area contributed by atoms with Crippen molar-refractivity contribution in [2.24, 2.45) is 12.8 Å². The third kappa shape index (κ3) is 3.10. The Morgan fingerprint density at radius 3 is 2.83 bits per heavy atom. The van der Waals surface area contributed by atoms with Crippen molar-refractivity contribution in [3.63, 3.8) is 0 Å². The molecule has 0 spiro atoms. The first kappa shape index (κ1) is 13.5. The van der Waals surface area contributed by atoms with Crippen LogP contribution in [0, 0.1) is 6.92 Å². The predicted molar refractivity (Wildman–Crippen MR) is 71.2 cm³/mol. The smallest absolute Gasteiger partial charge is 0.0831 e. The Kier molecular flexibility index (Phi) is 3.75. The molecule has 0 aliphatic carbocycles. The lowest BCUT2D eigenvalue weighted by atomic mass is 10.0. The van der Waals surface area contributed by atoms with Crippen molar-refractivity contribution in [2.75, 3.05) is 19.6 Å². The Morgan fingerprint density at radius 2 is 2.28 bits per heavy atom. The molecular formula is C13H24N4O. The lowest BCUT2D eigenvalue weighted by Crippen LogP contribution is -2.54. The first-order chi connectivity index (χ1) is 8.39. The number of ether oxygens (including phenoxy) is 1. The van der Waals surface area contributed by atoms with Gasteiger partial charge in [-0.2, -0.15) is 5.10 Å². The van der Waals surface area contributed by atoms with Crippen LogP contribution in [0.5, 0.6) is 0 Å². The molecule has 2 rings (SSSR count). The topological polar surface area (TPSA) is 56.3 Å². The second kappa shape index (κ2) is 4.99. The van der Waals surface area contributed by atoms with Crippen molar-refractivity contribution in [1.82, 2.24) is 14.7 Å². The van der Waals surface area contributed by atoms with E-state index in [1.807, 2.05) is 18.7 Å². The molecule has 1 aromatic rings. The molecule has 1 fully saturated rings. The van der Waals surface area contributed by atoms with Gasteiger partial charge < -0.3 is 10.5 Å². The lowest BCUT2D eigenvalue weighted by Gasteiger charge is -2.42. The highest BCUT2D eigenvalue weighted by molar-refractivity contribution is 5.08. The van der Waals surface area contributed by atoms with Gasteiger partial charge in [-0.1, -0.05) is 0 Å². The third-order valence-corrected chi connectivity index (χ3v) is 3.30. The zero-order valence-corrected chi connectivity index (χ0v) is 11.8. The first-order valence-corrected chi connectivity index (χ1v) is 6.49. The van der Waals surface area contributed by atoms with Crippen molar-refractivity contribution in [3.8, 4) is 0 Å². The molecule has 102 valence electrons. The summed E-state index contributed by atoms with van der Waals surface area (Å²) < 4.78 is 7.89. The lowest BCUT2D eigenvalue weighted by molar-refractivity contribution is -0.134. The van der Waals surface area contributed by atoms with Gasteiger partial charge >= 0.3 is 0 Å². The van der Waals surface area contributed by atoms with Crippen LogP contribution in [0.4, 0.5) is 0 Å². The minimum Gasteiger partial charge on any atom is -0.368 e. The van der Waals surface area contributed by atoms with Gasteiger partial charge in [-0.3, -0.25) is 9.58 Å². The van der Waals surface area contributed by atoms with Crippen molar-refractivity contribution < 1.29 is 4.74 Å². The van der Waals surface area contributed by atoms with Gasteiger partial charge in [0, 0.05) is 33.2 Å². The Labute approximate surface area is 109 Å². The second-order valence-corrected chi connectivity index (χ2v) is 5.81. The quantitative estimate of drug-likeness (QED) is 0.859. The summed E-state index contributed by atoms with van der Waals surface area (Å²) in [4.78, 5) is 2.40. The summed E-state index contributed by atoms with van der Waals surface area (Å²) >= 11 is 0. The van der Waals surface area contributed by atoms with Crippen molar-refractivity contribution in [2.45, 2.75) is 39.0 Å². The van der Waals surface area contributed by atoms with Gasteiger partial charge in [0.05, 0.1) is 23.1 Å². The standard InChI is InChI=1S/C13H24N4O/c1-10-5-11(16(4)15-10)7-17-8-12(6-14)18-13(2,3)9-17/h5,12H,6-9,14H2,1-4H3. The Bertz CT molecular complexity index is 413. The maximum absolute atomic E-state index is 5.94. The molecule has 1 saturated heterocycles. The molecule has 0 bridgehead atoms. The van der Waals surface area contributed by atoms with Gasteiger partial charge in [0.25, 0.3) is 0 Å². The molecule has 5 heteroatoms. The molecule has 0 aromatic carbocycles. The summed E-state index contributed by atoms with van der Waals surface area (Å²) in [6, 6.07) is 2.14. The molecule has 2 heterocycles. The number of aryl methyl sites for hydroxylation is 2. The molecule has 0 saturated carbocycles. The predicted octanol–water partition coefficient (Wildman–Crippen LogP) is 0.667. The highest BCUT2D eigenvalue weighted by atomic mass is 16.5. The molecule has 18 heavy (non-hydrogen) atoms. The van der Waals surface area contributed by atoms with Crippen molar-refractivity contribution >= 4 is 0 Å². The van der Waals surface area contributed by atoms with Crippen LogP contribution in [0.25, 0.3) is 0 Å². The molecular weight excluding hydrogens is 228 g/mol. The minimum atomic E-state index is -0.129. The monoisotopic (exact) mass is 252 g/mol. The van der Waals surface area contributed by atoms with Crippen LogP contribution in [-0.2, 0) is 18.3 Å². The number of nitrogens with two attached hydrogens (primary N) is 1. The normalized spacial score (nSPS) is 24.4. The number of hydrogen-bond acceptors (Lipinski definition) is 4. The average molecular weight is 252 g/mol. The highest BCUT2D eigenvalue weighted by Crippen LogP contribution is 2.22. The van der Waals surface area contributed by atoms with Gasteiger partial charge in [0.1, 0.15) is 0 Å². The maximum atomic E-state index is 5.94. The second-order valence-electron chi connectivity index (χ2n) is 5.81. The van der Waals surface area contributed by atoms with Crippen LogP contribution in [0.1, 0.15) is 25.2 Å². The molecule has 1 atom stereocenters. The van der Waals surface area contributed by atoms with Crippen LogP contribution >= 0.6 is 0 Å². The largest absolute Gasteiger partial charge is 0.368 e. The van der Waals surface area contributed by atoms with Gasteiger partial charge in [-0.05, 0) is 26.8 Å². The van der Waals surface area contributed by atoms with E-state index in [0.29, 0.717) is 6.54 Å². The average Bonchev–Trinajstić information content (AvgIpc) is 2.55. The summed E-state index contributed by atoms with van der Waals surface area (Å²) in [6.07, 6.45) is 0.128. The van der Waals surface area contributed by atoms with Gasteiger partial charge in [0.15, 0.2) is 0 Å². The molecule has 0 radical (unpaired) electrons. The maximum Gasteiger partial charge on any atom is 0.0831 e. The molecule has 2 N–H and O–H groups in total.